The third-order valence-electron chi connectivity index (χ3n) is 6.49. The molecule has 0 fully saturated rings. The number of carboxylic acid groups (broad SMARTS) is 2. The SMILES string of the molecule is CCCCCCCCCCCCCC(=O)O.CCCCCCCCCCCCCCCC(=O)O.[BaH2]. The maximum absolute atomic E-state index is 10.3. The van der Waals surface area contributed by atoms with E-state index in [2.05, 4.69) is 13.8 Å². The van der Waals surface area contributed by atoms with Crippen LogP contribution in [-0.2, 0) is 9.59 Å². The molecule has 0 aromatic heterocycles. The zero-order chi connectivity index (χ0) is 25.5. The Labute approximate surface area is 259 Å². The molecule has 0 rings (SSSR count). The summed E-state index contributed by atoms with van der Waals surface area (Å²) >= 11 is 0. The van der Waals surface area contributed by atoms with E-state index >= 15 is 0 Å². The maximum atomic E-state index is 10.3. The second-order valence-corrected chi connectivity index (χ2v) is 10.1. The molecular formula is C30H62BaO4. The van der Waals surface area contributed by atoms with Crippen LogP contribution in [0.5, 0.6) is 0 Å². The number of carboxylic acids is 2. The number of unbranched alkanes of at least 4 members (excludes halogenated alkanes) is 22. The average molecular weight is 624 g/mol. The molecule has 0 radical (unpaired) electrons. The topological polar surface area (TPSA) is 74.6 Å². The number of hydrogen-bond donors (Lipinski definition) is 2. The monoisotopic (exact) mass is 624 g/mol. The molecule has 0 atom stereocenters. The van der Waals surface area contributed by atoms with Gasteiger partial charge in [0.25, 0.3) is 0 Å². The molecule has 0 aliphatic carbocycles. The zero-order valence-electron chi connectivity index (χ0n) is 23.1. The minimum atomic E-state index is -0.657. The molecule has 208 valence electrons. The van der Waals surface area contributed by atoms with E-state index in [1.54, 1.807) is 0 Å². The predicted octanol–water partition coefficient (Wildman–Crippen LogP) is 9.41. The van der Waals surface area contributed by atoms with Gasteiger partial charge in [0.05, 0.1) is 0 Å². The van der Waals surface area contributed by atoms with Crippen molar-refractivity contribution in [3.8, 4) is 0 Å². The molecule has 0 aliphatic heterocycles. The van der Waals surface area contributed by atoms with Crippen LogP contribution in [0.3, 0.4) is 0 Å². The van der Waals surface area contributed by atoms with Gasteiger partial charge in [0.15, 0.2) is 0 Å². The fourth-order valence-corrected chi connectivity index (χ4v) is 4.23. The van der Waals surface area contributed by atoms with Crippen molar-refractivity contribution >= 4 is 60.8 Å². The summed E-state index contributed by atoms with van der Waals surface area (Å²) in [5.41, 5.74) is 0. The Morgan fingerprint density at radius 3 is 0.714 bits per heavy atom. The second kappa shape index (κ2) is 36.7. The van der Waals surface area contributed by atoms with Crippen LogP contribution in [0.4, 0.5) is 0 Å². The number of rotatable bonds is 26. The molecule has 0 unspecified atom stereocenters. The van der Waals surface area contributed by atoms with E-state index in [4.69, 9.17) is 10.2 Å². The molecule has 0 saturated heterocycles. The molecule has 0 bridgehead atoms. The molecule has 0 spiro atoms. The van der Waals surface area contributed by atoms with Gasteiger partial charge in [0.2, 0.25) is 0 Å². The first-order valence-electron chi connectivity index (χ1n) is 15.0. The van der Waals surface area contributed by atoms with Crippen LogP contribution in [0.25, 0.3) is 0 Å². The molecule has 0 aromatic carbocycles. The molecule has 5 heteroatoms. The minimum absolute atomic E-state index is 0. The summed E-state index contributed by atoms with van der Waals surface area (Å²) in [5, 5.41) is 16.9. The summed E-state index contributed by atoms with van der Waals surface area (Å²) in [4.78, 5) is 20.6. The van der Waals surface area contributed by atoms with E-state index in [-0.39, 0.29) is 48.9 Å². The van der Waals surface area contributed by atoms with Gasteiger partial charge < -0.3 is 10.2 Å². The number of aliphatic carboxylic acids is 2. The molecule has 35 heavy (non-hydrogen) atoms. The van der Waals surface area contributed by atoms with E-state index in [1.165, 1.54) is 128 Å². The van der Waals surface area contributed by atoms with Gasteiger partial charge >= 0.3 is 60.8 Å². The van der Waals surface area contributed by atoms with Gasteiger partial charge in [-0.15, -0.1) is 0 Å². The van der Waals surface area contributed by atoms with Crippen molar-refractivity contribution in [2.24, 2.45) is 0 Å². The van der Waals surface area contributed by atoms with Crippen LogP contribution in [-0.4, -0.2) is 71.0 Å². The van der Waals surface area contributed by atoms with Gasteiger partial charge in [0.1, 0.15) is 0 Å². The van der Waals surface area contributed by atoms with E-state index in [0.29, 0.717) is 12.8 Å². The van der Waals surface area contributed by atoms with Crippen molar-refractivity contribution in [3.63, 3.8) is 0 Å². The van der Waals surface area contributed by atoms with Crippen molar-refractivity contribution in [2.75, 3.05) is 0 Å². The van der Waals surface area contributed by atoms with Gasteiger partial charge in [-0.25, -0.2) is 0 Å². The summed E-state index contributed by atoms with van der Waals surface area (Å²) in [7, 11) is 0. The van der Waals surface area contributed by atoms with Crippen LogP contribution in [0.15, 0.2) is 0 Å². The van der Waals surface area contributed by atoms with E-state index in [1.807, 2.05) is 0 Å². The first-order chi connectivity index (χ1) is 16.5. The van der Waals surface area contributed by atoms with Crippen LogP contribution < -0.4 is 0 Å². The fourth-order valence-electron chi connectivity index (χ4n) is 4.23. The van der Waals surface area contributed by atoms with Crippen molar-refractivity contribution in [1.29, 1.82) is 0 Å². The molecule has 0 saturated carbocycles. The van der Waals surface area contributed by atoms with Gasteiger partial charge in [-0.1, -0.05) is 155 Å². The quantitative estimate of drug-likeness (QED) is 0.0743. The first-order valence-corrected chi connectivity index (χ1v) is 15.0. The van der Waals surface area contributed by atoms with Crippen LogP contribution in [0.2, 0.25) is 0 Å². The molecule has 0 amide bonds. The van der Waals surface area contributed by atoms with Crippen LogP contribution in [0, 0.1) is 0 Å². The van der Waals surface area contributed by atoms with Crippen molar-refractivity contribution in [1.82, 2.24) is 0 Å². The molecule has 4 nitrogen and oxygen atoms in total. The van der Waals surface area contributed by atoms with Gasteiger partial charge in [-0.2, -0.15) is 0 Å². The molecule has 2 N–H and O–H groups in total. The summed E-state index contributed by atoms with van der Waals surface area (Å²) < 4.78 is 0. The zero-order valence-corrected chi connectivity index (χ0v) is 23.1. The van der Waals surface area contributed by atoms with Crippen molar-refractivity contribution in [3.05, 3.63) is 0 Å². The third-order valence-corrected chi connectivity index (χ3v) is 6.49. The summed E-state index contributed by atoms with van der Waals surface area (Å²) in [6, 6.07) is 0. The normalized spacial score (nSPS) is 10.3. The predicted molar refractivity (Wildman–Crippen MR) is 155 cm³/mol. The Kier molecular flexibility index (Phi) is 41.9. The van der Waals surface area contributed by atoms with E-state index in [0.717, 1.165) is 25.7 Å². The molecular weight excluding hydrogens is 562 g/mol. The van der Waals surface area contributed by atoms with Gasteiger partial charge in [-0.3, -0.25) is 9.59 Å². The van der Waals surface area contributed by atoms with E-state index in [9.17, 15) is 9.59 Å². The van der Waals surface area contributed by atoms with Crippen molar-refractivity contribution in [2.45, 2.75) is 181 Å². The Morgan fingerprint density at radius 1 is 0.371 bits per heavy atom. The number of carbonyl (C=O) groups is 2. The molecule has 0 heterocycles. The molecule has 0 aliphatic rings. The summed E-state index contributed by atoms with van der Waals surface area (Å²) in [5.74, 6) is -1.31. The van der Waals surface area contributed by atoms with Crippen LogP contribution in [0.1, 0.15) is 181 Å². The summed E-state index contributed by atoms with van der Waals surface area (Å²) in [6.07, 6.45) is 31.6. The Hall–Kier alpha value is 0.511. The summed E-state index contributed by atoms with van der Waals surface area (Å²) in [6.45, 7) is 4.51. The number of hydrogen-bond acceptors (Lipinski definition) is 2. The fraction of sp³-hybridized carbons (Fsp3) is 0.933. The van der Waals surface area contributed by atoms with Gasteiger partial charge in [0, 0.05) is 12.8 Å². The van der Waals surface area contributed by atoms with Crippen LogP contribution >= 0.6 is 0 Å². The molecule has 0 aromatic rings. The Balaban J connectivity index is -0.000000573. The Bertz CT molecular complexity index is 415. The van der Waals surface area contributed by atoms with Crippen molar-refractivity contribution < 1.29 is 19.8 Å². The van der Waals surface area contributed by atoms with E-state index < -0.39 is 11.9 Å². The Morgan fingerprint density at radius 2 is 0.543 bits per heavy atom. The van der Waals surface area contributed by atoms with Gasteiger partial charge in [-0.05, 0) is 12.8 Å². The average Bonchev–Trinajstić information content (AvgIpc) is 2.80. The second-order valence-electron chi connectivity index (χ2n) is 10.1. The standard InChI is InChI=1S/C16H32O2.C14H28O2.Ba.2H/c1-2-3-4-5-6-7-8-9-10-11-12-13-14-15-16(17)18;1-2-3-4-5-6-7-8-9-10-11-12-13-14(15)16;;;/h2-15H2,1H3,(H,17,18);2-13H2,1H3,(H,15,16);;;. The first kappa shape index (κ1) is 40.0. The third kappa shape index (κ3) is 44.9.